The van der Waals surface area contributed by atoms with Crippen molar-refractivity contribution in [3.05, 3.63) is 0 Å². The molecule has 0 atom stereocenters. The highest BCUT2D eigenvalue weighted by atomic mass is 32.2. The fraction of sp³-hybridized carbons (Fsp3) is 0.800. The van der Waals surface area contributed by atoms with Gasteiger partial charge in [0, 0.05) is 19.3 Å². The Morgan fingerprint density at radius 3 is 2.89 bits per heavy atom. The molecule has 4 heteroatoms. The van der Waals surface area contributed by atoms with Crippen LogP contribution in [0.4, 0.5) is 0 Å². The fourth-order valence-electron chi connectivity index (χ4n) is 0.304. The average molecular weight is 149 g/mol. The van der Waals surface area contributed by atoms with E-state index in [4.69, 9.17) is 5.11 Å². The third kappa shape index (κ3) is 7.94. The number of carbonyl (C=O) groups is 1. The molecule has 0 aliphatic rings. The van der Waals surface area contributed by atoms with Crippen LogP contribution < -0.4 is 5.32 Å². The molecular formula is C5H11NO2S. The van der Waals surface area contributed by atoms with E-state index in [1.165, 1.54) is 18.7 Å². The Morgan fingerprint density at radius 1 is 1.78 bits per heavy atom. The molecule has 0 aliphatic heterocycles. The maximum absolute atomic E-state index is 10.3. The van der Waals surface area contributed by atoms with E-state index < -0.39 is 0 Å². The van der Waals surface area contributed by atoms with Gasteiger partial charge in [0.25, 0.3) is 0 Å². The van der Waals surface area contributed by atoms with Gasteiger partial charge in [-0.1, -0.05) is 11.8 Å². The van der Waals surface area contributed by atoms with Gasteiger partial charge in [0.1, 0.15) is 0 Å². The molecular weight excluding hydrogens is 138 g/mol. The fourth-order valence-corrected chi connectivity index (χ4v) is 0.754. The van der Waals surface area contributed by atoms with Gasteiger partial charge in [-0.2, -0.15) is 0 Å². The number of hydrogen-bond donors (Lipinski definition) is 2. The number of hydrogen-bond acceptors (Lipinski definition) is 4. The van der Waals surface area contributed by atoms with Gasteiger partial charge in [-0.15, -0.1) is 0 Å². The van der Waals surface area contributed by atoms with E-state index >= 15 is 0 Å². The highest BCUT2D eigenvalue weighted by Crippen LogP contribution is 1.95. The first-order chi connectivity index (χ1) is 4.27. The molecule has 0 saturated heterocycles. The Labute approximate surface area is 58.8 Å². The van der Waals surface area contributed by atoms with E-state index in [1.54, 1.807) is 0 Å². The Morgan fingerprint density at radius 2 is 2.44 bits per heavy atom. The minimum Gasteiger partial charge on any atom is -0.395 e. The van der Waals surface area contributed by atoms with Crippen molar-refractivity contribution in [2.75, 3.05) is 19.0 Å². The predicted octanol–water partition coefficient (Wildman–Crippen LogP) is -0.195. The van der Waals surface area contributed by atoms with Crippen LogP contribution in [-0.2, 0) is 4.79 Å². The number of aliphatic hydroxyl groups is 1. The topological polar surface area (TPSA) is 49.3 Å². The van der Waals surface area contributed by atoms with E-state index in [1.807, 2.05) is 0 Å². The van der Waals surface area contributed by atoms with Crippen molar-refractivity contribution >= 4 is 16.9 Å². The lowest BCUT2D eigenvalue weighted by atomic mass is 10.7. The molecule has 0 aliphatic carbocycles. The lowest BCUT2D eigenvalue weighted by Gasteiger charge is -1.97. The zero-order chi connectivity index (χ0) is 7.11. The standard InChI is InChI=1S/C5H11NO2S/c1-5(8)9-4-6-2-3-7/h6-7H,2-4H2,1H3. The van der Waals surface area contributed by atoms with Crippen LogP contribution in [0.5, 0.6) is 0 Å². The summed E-state index contributed by atoms with van der Waals surface area (Å²) < 4.78 is 0. The lowest BCUT2D eigenvalue weighted by Crippen LogP contribution is -2.17. The zero-order valence-electron chi connectivity index (χ0n) is 5.39. The molecule has 0 unspecified atom stereocenters. The van der Waals surface area contributed by atoms with Crippen LogP contribution in [0.2, 0.25) is 0 Å². The molecule has 0 aromatic heterocycles. The molecule has 0 heterocycles. The van der Waals surface area contributed by atoms with E-state index in [9.17, 15) is 4.79 Å². The van der Waals surface area contributed by atoms with Gasteiger partial charge in [0.2, 0.25) is 0 Å². The second-order valence-corrected chi connectivity index (χ2v) is 2.66. The third-order valence-corrected chi connectivity index (χ3v) is 1.42. The SMILES string of the molecule is CC(=O)SCNCCO. The first-order valence-electron chi connectivity index (χ1n) is 2.72. The van der Waals surface area contributed by atoms with Crippen molar-refractivity contribution in [1.82, 2.24) is 5.32 Å². The monoisotopic (exact) mass is 149 g/mol. The molecule has 0 spiro atoms. The van der Waals surface area contributed by atoms with Crippen LogP contribution >= 0.6 is 11.8 Å². The second kappa shape index (κ2) is 6.07. The van der Waals surface area contributed by atoms with Crippen molar-refractivity contribution in [2.24, 2.45) is 0 Å². The van der Waals surface area contributed by atoms with Crippen molar-refractivity contribution in [3.8, 4) is 0 Å². The second-order valence-electron chi connectivity index (χ2n) is 1.50. The molecule has 0 rings (SSSR count). The van der Waals surface area contributed by atoms with Gasteiger partial charge in [-0.25, -0.2) is 0 Å². The van der Waals surface area contributed by atoms with E-state index in [2.05, 4.69) is 5.32 Å². The lowest BCUT2D eigenvalue weighted by molar-refractivity contribution is -0.109. The maximum Gasteiger partial charge on any atom is 0.187 e. The number of nitrogens with one attached hydrogen (secondary N) is 1. The first kappa shape index (κ1) is 8.94. The summed E-state index contributed by atoms with van der Waals surface area (Å²) in [5.41, 5.74) is 0. The summed E-state index contributed by atoms with van der Waals surface area (Å²) in [4.78, 5) is 10.3. The molecule has 0 saturated carbocycles. The highest BCUT2D eigenvalue weighted by Gasteiger charge is 1.90. The Balaban J connectivity index is 2.83. The van der Waals surface area contributed by atoms with Gasteiger partial charge in [0.05, 0.1) is 6.61 Å². The van der Waals surface area contributed by atoms with E-state index in [0.717, 1.165) is 0 Å². The number of rotatable bonds is 4. The number of aliphatic hydroxyl groups excluding tert-OH is 1. The third-order valence-electron chi connectivity index (χ3n) is 0.666. The summed E-state index contributed by atoms with van der Waals surface area (Å²) in [5, 5.41) is 11.2. The molecule has 0 aromatic carbocycles. The summed E-state index contributed by atoms with van der Waals surface area (Å²) in [7, 11) is 0. The first-order valence-corrected chi connectivity index (χ1v) is 3.71. The van der Waals surface area contributed by atoms with Crippen LogP contribution in [0, 0.1) is 0 Å². The smallest absolute Gasteiger partial charge is 0.187 e. The van der Waals surface area contributed by atoms with Gasteiger partial charge in [-0.05, 0) is 0 Å². The number of thioether (sulfide) groups is 1. The zero-order valence-corrected chi connectivity index (χ0v) is 6.20. The van der Waals surface area contributed by atoms with Crippen LogP contribution in [0.15, 0.2) is 0 Å². The minimum absolute atomic E-state index is 0.0976. The summed E-state index contributed by atoms with van der Waals surface area (Å²) in [6, 6.07) is 0. The predicted molar refractivity (Wildman–Crippen MR) is 38.2 cm³/mol. The summed E-state index contributed by atoms with van der Waals surface area (Å²) in [6.45, 7) is 2.20. The Bertz CT molecular complexity index is 87.0. The van der Waals surface area contributed by atoms with Gasteiger partial charge >= 0.3 is 0 Å². The molecule has 0 radical (unpaired) electrons. The molecule has 0 fully saturated rings. The van der Waals surface area contributed by atoms with Crippen molar-refractivity contribution in [3.63, 3.8) is 0 Å². The van der Waals surface area contributed by atoms with Gasteiger partial charge in [-0.3, -0.25) is 4.79 Å². The maximum atomic E-state index is 10.3. The van der Waals surface area contributed by atoms with Crippen LogP contribution in [-0.4, -0.2) is 29.3 Å². The molecule has 2 N–H and O–H groups in total. The van der Waals surface area contributed by atoms with Crippen molar-refractivity contribution < 1.29 is 9.90 Å². The molecule has 54 valence electrons. The molecule has 9 heavy (non-hydrogen) atoms. The molecule has 0 aromatic rings. The van der Waals surface area contributed by atoms with Gasteiger partial charge < -0.3 is 10.4 Å². The van der Waals surface area contributed by atoms with Crippen LogP contribution in [0.3, 0.4) is 0 Å². The summed E-state index contributed by atoms with van der Waals surface area (Å²) >= 11 is 1.21. The van der Waals surface area contributed by atoms with Crippen LogP contribution in [0.1, 0.15) is 6.92 Å². The summed E-state index contributed by atoms with van der Waals surface area (Å²) in [6.07, 6.45) is 0. The van der Waals surface area contributed by atoms with E-state index in [-0.39, 0.29) is 11.7 Å². The van der Waals surface area contributed by atoms with Crippen LogP contribution in [0.25, 0.3) is 0 Å². The molecule has 3 nitrogen and oxygen atoms in total. The van der Waals surface area contributed by atoms with E-state index in [0.29, 0.717) is 12.4 Å². The normalized spacial score (nSPS) is 9.56. The molecule has 0 bridgehead atoms. The Kier molecular flexibility index (Phi) is 6.03. The summed E-state index contributed by atoms with van der Waals surface area (Å²) in [5.74, 6) is 0.593. The number of carbonyl (C=O) groups excluding carboxylic acids is 1. The van der Waals surface area contributed by atoms with Crippen molar-refractivity contribution in [1.29, 1.82) is 0 Å². The Hall–Kier alpha value is -0.0600. The average Bonchev–Trinajstić information content (AvgIpc) is 1.80. The largest absolute Gasteiger partial charge is 0.395 e. The quantitative estimate of drug-likeness (QED) is 0.429. The minimum atomic E-state index is 0.0976. The van der Waals surface area contributed by atoms with Gasteiger partial charge in [0.15, 0.2) is 5.12 Å². The van der Waals surface area contributed by atoms with Crippen molar-refractivity contribution in [2.45, 2.75) is 6.92 Å². The molecule has 0 amide bonds. The highest BCUT2D eigenvalue weighted by molar-refractivity contribution is 8.13.